The molecule has 0 radical (unpaired) electrons. The number of carbonyl (C=O) groups is 1. The molecule has 3 heterocycles. The highest BCUT2D eigenvalue weighted by Crippen LogP contribution is 2.35. The molecule has 2 aromatic heterocycles. The predicted octanol–water partition coefficient (Wildman–Crippen LogP) is 5.31. The SMILES string of the molecule is Cc1cn(-c2ccc(-c3cn([C@H]4CCc5cc(Cl)ccc5N(CC(F)(F)F)C4=O)nn3)cc2F)cn1. The number of carbonyl (C=O) groups excluding carboxylic acids is 1. The fourth-order valence-corrected chi connectivity index (χ4v) is 4.50. The summed E-state index contributed by atoms with van der Waals surface area (Å²) in [4.78, 5) is 18.1. The zero-order chi connectivity index (χ0) is 25.6. The summed E-state index contributed by atoms with van der Waals surface area (Å²) >= 11 is 6.05. The summed E-state index contributed by atoms with van der Waals surface area (Å²) in [6.45, 7) is 0.345. The summed E-state index contributed by atoms with van der Waals surface area (Å²) in [6.07, 6.45) is 0.512. The topological polar surface area (TPSA) is 68.8 Å². The van der Waals surface area contributed by atoms with E-state index in [9.17, 15) is 22.4 Å². The molecule has 0 fully saturated rings. The molecule has 1 aliphatic heterocycles. The Morgan fingerprint density at radius 3 is 2.58 bits per heavy atom. The first kappa shape index (κ1) is 24.0. The van der Waals surface area contributed by atoms with Gasteiger partial charge in [0.2, 0.25) is 0 Å². The van der Waals surface area contributed by atoms with Crippen molar-refractivity contribution in [1.29, 1.82) is 0 Å². The van der Waals surface area contributed by atoms with Crippen LogP contribution in [0.25, 0.3) is 16.9 Å². The van der Waals surface area contributed by atoms with E-state index in [0.717, 1.165) is 5.69 Å². The summed E-state index contributed by atoms with van der Waals surface area (Å²) in [5.41, 5.74) is 2.42. The van der Waals surface area contributed by atoms with Crippen molar-refractivity contribution < 1.29 is 22.4 Å². The lowest BCUT2D eigenvalue weighted by atomic mass is 10.1. The largest absolute Gasteiger partial charge is 0.406 e. The molecule has 4 aromatic rings. The third-order valence-corrected chi connectivity index (χ3v) is 6.21. The Hall–Kier alpha value is -3.73. The number of halogens is 5. The van der Waals surface area contributed by atoms with Crippen molar-refractivity contribution in [3.63, 3.8) is 0 Å². The molecular weight excluding hydrogens is 500 g/mol. The molecule has 1 atom stereocenters. The lowest BCUT2D eigenvalue weighted by molar-refractivity contribution is -0.134. The third-order valence-electron chi connectivity index (χ3n) is 5.97. The smallest absolute Gasteiger partial charge is 0.303 e. The van der Waals surface area contributed by atoms with E-state index in [-0.39, 0.29) is 17.8 Å². The number of alkyl halides is 3. The van der Waals surface area contributed by atoms with E-state index in [1.807, 2.05) is 0 Å². The number of amides is 1. The minimum atomic E-state index is -4.61. The Bertz CT molecular complexity index is 1450. The van der Waals surface area contributed by atoms with E-state index >= 15 is 0 Å². The number of nitrogens with zero attached hydrogens (tertiary/aromatic N) is 6. The summed E-state index contributed by atoms with van der Waals surface area (Å²) in [5, 5.41) is 8.42. The number of benzene rings is 2. The van der Waals surface area contributed by atoms with E-state index in [0.29, 0.717) is 33.2 Å². The second kappa shape index (κ2) is 9.05. The van der Waals surface area contributed by atoms with Crippen molar-refractivity contribution in [2.75, 3.05) is 11.4 Å². The van der Waals surface area contributed by atoms with Crippen LogP contribution in [0.2, 0.25) is 5.02 Å². The molecule has 0 saturated carbocycles. The lowest BCUT2D eigenvalue weighted by Crippen LogP contribution is -2.42. The van der Waals surface area contributed by atoms with Gasteiger partial charge in [-0.05, 0) is 55.7 Å². The van der Waals surface area contributed by atoms with Crippen LogP contribution in [0.5, 0.6) is 0 Å². The minimum absolute atomic E-state index is 0.164. The van der Waals surface area contributed by atoms with Crippen LogP contribution in [0, 0.1) is 12.7 Å². The van der Waals surface area contributed by atoms with Gasteiger partial charge in [-0.15, -0.1) is 5.10 Å². The third kappa shape index (κ3) is 4.70. The number of rotatable bonds is 4. The van der Waals surface area contributed by atoms with Gasteiger partial charge in [0.15, 0.2) is 0 Å². The fourth-order valence-electron chi connectivity index (χ4n) is 4.31. The Balaban J connectivity index is 1.46. The summed E-state index contributed by atoms with van der Waals surface area (Å²) in [6, 6.07) is 7.89. The number of anilines is 1. The lowest BCUT2D eigenvalue weighted by Gasteiger charge is -2.26. The van der Waals surface area contributed by atoms with Gasteiger partial charge < -0.3 is 9.47 Å². The van der Waals surface area contributed by atoms with Gasteiger partial charge in [-0.3, -0.25) is 4.79 Å². The Kier molecular flexibility index (Phi) is 6.03. The van der Waals surface area contributed by atoms with E-state index < -0.39 is 30.5 Å². The molecule has 7 nitrogen and oxygen atoms in total. The number of aryl methyl sites for hydroxylation is 2. The maximum absolute atomic E-state index is 14.8. The van der Waals surface area contributed by atoms with Crippen molar-refractivity contribution >= 4 is 23.2 Å². The van der Waals surface area contributed by atoms with E-state index in [1.165, 1.54) is 35.4 Å². The van der Waals surface area contributed by atoms with Gasteiger partial charge in [0, 0.05) is 22.5 Å². The first-order chi connectivity index (χ1) is 17.1. The van der Waals surface area contributed by atoms with E-state index in [4.69, 9.17) is 11.6 Å². The Morgan fingerprint density at radius 1 is 1.11 bits per heavy atom. The van der Waals surface area contributed by atoms with Gasteiger partial charge in [0.25, 0.3) is 5.91 Å². The molecule has 36 heavy (non-hydrogen) atoms. The number of imidazole rings is 1. The zero-order valence-electron chi connectivity index (χ0n) is 18.9. The molecule has 0 unspecified atom stereocenters. The van der Waals surface area contributed by atoms with Crippen LogP contribution in [-0.2, 0) is 11.2 Å². The standard InChI is InChI=1S/C24H19ClF4N6O/c1-14-10-33(13-30-14)21-5-2-15(9-18(21)26)19-11-35(32-31-19)22-6-3-16-8-17(25)4-7-20(16)34(23(22)36)12-24(27,28)29/h2,4-5,7-11,13,22H,3,6,12H2,1H3/t22-/m0/s1. The van der Waals surface area contributed by atoms with Gasteiger partial charge in [-0.1, -0.05) is 22.9 Å². The van der Waals surface area contributed by atoms with Crippen molar-refractivity contribution in [3.8, 4) is 16.9 Å². The highest BCUT2D eigenvalue weighted by atomic mass is 35.5. The molecular formula is C24H19ClF4N6O. The van der Waals surface area contributed by atoms with E-state index in [2.05, 4.69) is 15.3 Å². The average Bonchev–Trinajstić information content (AvgIpc) is 3.44. The van der Waals surface area contributed by atoms with Crippen molar-refractivity contribution in [2.45, 2.75) is 32.0 Å². The second-order valence-corrected chi connectivity index (χ2v) is 8.98. The van der Waals surface area contributed by atoms with Crippen molar-refractivity contribution in [1.82, 2.24) is 24.5 Å². The van der Waals surface area contributed by atoms with Crippen molar-refractivity contribution in [3.05, 3.63) is 77.2 Å². The molecule has 5 rings (SSSR count). The number of aromatic nitrogens is 5. The van der Waals surface area contributed by atoms with Crippen LogP contribution >= 0.6 is 11.6 Å². The van der Waals surface area contributed by atoms with Gasteiger partial charge >= 0.3 is 6.18 Å². The first-order valence-corrected chi connectivity index (χ1v) is 11.4. The van der Waals surface area contributed by atoms with Crippen LogP contribution in [-0.4, -0.2) is 43.2 Å². The molecule has 1 amide bonds. The second-order valence-electron chi connectivity index (χ2n) is 8.54. The predicted molar refractivity (Wildman–Crippen MR) is 124 cm³/mol. The quantitative estimate of drug-likeness (QED) is 0.343. The molecule has 0 bridgehead atoms. The molecule has 0 N–H and O–H groups in total. The van der Waals surface area contributed by atoms with E-state index in [1.54, 1.807) is 35.9 Å². The summed E-state index contributed by atoms with van der Waals surface area (Å²) in [7, 11) is 0. The molecule has 186 valence electrons. The molecule has 12 heteroatoms. The van der Waals surface area contributed by atoms with Gasteiger partial charge in [0.05, 0.1) is 23.9 Å². The first-order valence-electron chi connectivity index (χ1n) is 11.0. The summed E-state index contributed by atoms with van der Waals surface area (Å²) < 4.78 is 57.7. The molecule has 0 spiro atoms. The maximum Gasteiger partial charge on any atom is 0.406 e. The number of hydrogen-bond acceptors (Lipinski definition) is 4. The Morgan fingerprint density at radius 2 is 1.89 bits per heavy atom. The number of hydrogen-bond donors (Lipinski definition) is 0. The molecule has 2 aromatic carbocycles. The monoisotopic (exact) mass is 518 g/mol. The van der Waals surface area contributed by atoms with Gasteiger partial charge in [-0.2, -0.15) is 13.2 Å². The van der Waals surface area contributed by atoms with Crippen LogP contribution in [0.3, 0.4) is 0 Å². The molecule has 1 aliphatic rings. The average molecular weight is 519 g/mol. The van der Waals surface area contributed by atoms with Gasteiger partial charge in [-0.25, -0.2) is 14.1 Å². The summed E-state index contributed by atoms with van der Waals surface area (Å²) in [5.74, 6) is -1.28. The van der Waals surface area contributed by atoms with Crippen LogP contribution < -0.4 is 4.90 Å². The molecule has 0 saturated heterocycles. The fraction of sp³-hybridized carbons (Fsp3) is 0.250. The molecule has 0 aliphatic carbocycles. The minimum Gasteiger partial charge on any atom is -0.303 e. The van der Waals surface area contributed by atoms with Crippen LogP contribution in [0.1, 0.15) is 23.7 Å². The highest BCUT2D eigenvalue weighted by molar-refractivity contribution is 6.30. The normalized spacial score (nSPS) is 16.2. The van der Waals surface area contributed by atoms with Crippen LogP contribution in [0.15, 0.2) is 55.1 Å². The zero-order valence-corrected chi connectivity index (χ0v) is 19.6. The van der Waals surface area contributed by atoms with Crippen molar-refractivity contribution in [2.24, 2.45) is 0 Å². The maximum atomic E-state index is 14.8. The van der Waals surface area contributed by atoms with Gasteiger partial charge in [0.1, 0.15) is 24.1 Å². The highest BCUT2D eigenvalue weighted by Gasteiger charge is 2.39. The van der Waals surface area contributed by atoms with Crippen LogP contribution in [0.4, 0.5) is 23.2 Å². The number of fused-ring (bicyclic) bond motifs is 1. The Labute approximate surface area is 207 Å².